The quantitative estimate of drug-likeness (QED) is 0.662. The molecule has 0 bridgehead atoms. The van der Waals surface area contributed by atoms with Crippen molar-refractivity contribution in [2.24, 2.45) is 0 Å². The third-order valence-corrected chi connectivity index (χ3v) is 1.94. The van der Waals surface area contributed by atoms with Gasteiger partial charge in [-0.3, -0.25) is 0 Å². The second-order valence-electron chi connectivity index (χ2n) is 1.99. The van der Waals surface area contributed by atoms with E-state index in [0.29, 0.717) is 10.7 Å². The van der Waals surface area contributed by atoms with Crippen LogP contribution < -0.4 is 0 Å². The lowest BCUT2D eigenvalue weighted by Crippen LogP contribution is -1.98. The molecule has 0 spiro atoms. The molecule has 4 heteroatoms. The van der Waals surface area contributed by atoms with E-state index < -0.39 is 0 Å². The van der Waals surface area contributed by atoms with Crippen LogP contribution in [0.5, 0.6) is 0 Å². The van der Waals surface area contributed by atoms with E-state index in [2.05, 4.69) is 22.9 Å². The van der Waals surface area contributed by atoms with E-state index in [4.69, 9.17) is 34.8 Å². The lowest BCUT2D eigenvalue weighted by atomic mass is 10.2. The Morgan fingerprint density at radius 1 is 1.36 bits per heavy atom. The summed E-state index contributed by atoms with van der Waals surface area (Å²) in [5.41, 5.74) is 0. The number of rotatable bonds is 4. The first-order valence-corrected chi connectivity index (χ1v) is 6.17. The third kappa shape index (κ3) is 18.4. The fourth-order valence-electron chi connectivity index (χ4n) is 0.503. The van der Waals surface area contributed by atoms with Crippen molar-refractivity contribution < 1.29 is 0 Å². The number of unbranched alkanes of at least 4 members (excludes halogenated alkanes) is 1. The summed E-state index contributed by atoms with van der Waals surface area (Å²) in [4.78, 5) is 0.535. The topological polar surface area (TPSA) is 0 Å². The van der Waals surface area contributed by atoms with Crippen LogP contribution in [0, 0.1) is 0 Å². The molecule has 0 radical (unpaired) electrons. The summed E-state index contributed by atoms with van der Waals surface area (Å²) in [5.74, 6) is 0.585. The van der Waals surface area contributed by atoms with Crippen LogP contribution in [0.4, 0.5) is 0 Å². The van der Waals surface area contributed by atoms with Crippen molar-refractivity contribution in [3.63, 3.8) is 0 Å². The molecule has 0 amide bonds. The smallest absolute Gasteiger partial charge is 0.0778 e. The Bertz CT molecular complexity index is 61.6. The first-order valence-electron chi connectivity index (χ1n) is 3.54. The number of hydrogen-bond acceptors (Lipinski definition) is 0. The summed E-state index contributed by atoms with van der Waals surface area (Å²) >= 11 is 19.0. The van der Waals surface area contributed by atoms with E-state index in [1.807, 2.05) is 0 Å². The average Bonchev–Trinajstić information content (AvgIpc) is 2.02. The van der Waals surface area contributed by atoms with Gasteiger partial charge in [-0.25, -0.2) is 0 Å². The van der Waals surface area contributed by atoms with Crippen molar-refractivity contribution in [3.05, 3.63) is 0 Å². The Balaban J connectivity index is 0. The predicted octanol–water partition coefficient (Wildman–Crippen LogP) is 4.60. The monoisotopic (exact) mass is 282 g/mol. The molecule has 0 aliphatic carbocycles. The van der Waals surface area contributed by atoms with E-state index in [1.54, 1.807) is 0 Å². The molecular weight excluding hydrogens is 270 g/mol. The number of alkyl halides is 4. The molecule has 0 heterocycles. The van der Waals surface area contributed by atoms with Crippen molar-refractivity contribution in [2.75, 3.05) is 10.7 Å². The number of hydrogen-bond donors (Lipinski definition) is 0. The molecule has 1 unspecified atom stereocenters. The Labute approximate surface area is 92.7 Å². The van der Waals surface area contributed by atoms with Gasteiger partial charge in [-0.2, -0.15) is 0 Å². The van der Waals surface area contributed by atoms with Crippen molar-refractivity contribution >= 4 is 50.7 Å². The van der Waals surface area contributed by atoms with Crippen LogP contribution >= 0.6 is 50.7 Å². The fourth-order valence-corrected chi connectivity index (χ4v) is 0.811. The first kappa shape index (κ1) is 14.9. The van der Waals surface area contributed by atoms with Gasteiger partial charge >= 0.3 is 0 Å². The van der Waals surface area contributed by atoms with E-state index in [0.717, 1.165) is 6.42 Å². The van der Waals surface area contributed by atoms with Gasteiger partial charge in [0.25, 0.3) is 0 Å². The van der Waals surface area contributed by atoms with Crippen molar-refractivity contribution in [3.8, 4) is 0 Å². The second-order valence-corrected chi connectivity index (χ2v) is 4.39. The zero-order valence-electron chi connectivity index (χ0n) is 6.62. The largest absolute Gasteiger partial charge is 0.125 e. The summed E-state index contributed by atoms with van der Waals surface area (Å²) in [5, 5.41) is 0.191. The molecule has 70 valence electrons. The van der Waals surface area contributed by atoms with E-state index in [1.165, 1.54) is 12.8 Å². The Morgan fingerprint density at radius 2 is 1.82 bits per heavy atom. The normalized spacial score (nSPS) is 11.7. The SMILES string of the molecule is CCCCC(Cl)CCl.ClCBr. The van der Waals surface area contributed by atoms with Crippen LogP contribution in [0.2, 0.25) is 0 Å². The highest BCUT2D eigenvalue weighted by Crippen LogP contribution is 2.07. The van der Waals surface area contributed by atoms with Crippen molar-refractivity contribution in [1.29, 1.82) is 0 Å². The maximum atomic E-state index is 5.71. The first-order chi connectivity index (χ1) is 5.22. The lowest BCUT2D eigenvalue weighted by Gasteiger charge is -2.00. The maximum Gasteiger partial charge on any atom is 0.0778 e. The Hall–Kier alpha value is 1.35. The van der Waals surface area contributed by atoms with Gasteiger partial charge in [-0.05, 0) is 6.42 Å². The average molecular weight is 284 g/mol. The Morgan fingerprint density at radius 3 is 2.09 bits per heavy atom. The highest BCUT2D eigenvalue weighted by atomic mass is 79.9. The van der Waals surface area contributed by atoms with E-state index in [-0.39, 0.29) is 5.38 Å². The second kappa shape index (κ2) is 13.9. The summed E-state index contributed by atoms with van der Waals surface area (Å²) in [6.07, 6.45) is 3.46. The maximum absolute atomic E-state index is 5.71. The van der Waals surface area contributed by atoms with Crippen LogP contribution in [-0.2, 0) is 0 Å². The highest BCUT2D eigenvalue weighted by molar-refractivity contribution is 9.09. The van der Waals surface area contributed by atoms with Crippen LogP contribution in [0.3, 0.4) is 0 Å². The summed E-state index contributed by atoms with van der Waals surface area (Å²) < 4.78 is 0. The van der Waals surface area contributed by atoms with Crippen LogP contribution in [0.1, 0.15) is 26.2 Å². The number of halogens is 4. The minimum Gasteiger partial charge on any atom is -0.125 e. The molecule has 1 atom stereocenters. The summed E-state index contributed by atoms with van der Waals surface area (Å²) in [7, 11) is 0. The van der Waals surface area contributed by atoms with Gasteiger partial charge in [0.15, 0.2) is 0 Å². The van der Waals surface area contributed by atoms with E-state index >= 15 is 0 Å². The zero-order valence-corrected chi connectivity index (χ0v) is 10.5. The van der Waals surface area contributed by atoms with Gasteiger partial charge in [0, 0.05) is 11.3 Å². The summed E-state index contributed by atoms with van der Waals surface area (Å²) in [6.45, 7) is 2.15. The summed E-state index contributed by atoms with van der Waals surface area (Å²) in [6, 6.07) is 0. The van der Waals surface area contributed by atoms with Crippen LogP contribution in [-0.4, -0.2) is 16.0 Å². The van der Waals surface area contributed by atoms with Gasteiger partial charge in [0.1, 0.15) is 0 Å². The molecule has 0 aromatic carbocycles. The van der Waals surface area contributed by atoms with Gasteiger partial charge in [-0.15, -0.1) is 34.8 Å². The van der Waals surface area contributed by atoms with Gasteiger partial charge in [-0.1, -0.05) is 35.7 Å². The molecule has 0 aromatic heterocycles. The molecule has 0 saturated heterocycles. The van der Waals surface area contributed by atoms with Gasteiger partial charge < -0.3 is 0 Å². The zero-order chi connectivity index (χ0) is 9.11. The third-order valence-electron chi connectivity index (χ3n) is 1.04. The molecule has 0 saturated carbocycles. The molecule has 0 nitrogen and oxygen atoms in total. The van der Waals surface area contributed by atoms with Crippen molar-refractivity contribution in [1.82, 2.24) is 0 Å². The van der Waals surface area contributed by atoms with Crippen LogP contribution in [0.15, 0.2) is 0 Å². The molecule has 0 N–H and O–H groups in total. The molecule has 0 fully saturated rings. The van der Waals surface area contributed by atoms with Gasteiger partial charge in [0.05, 0.1) is 4.79 Å². The Kier molecular flexibility index (Phi) is 18.8. The minimum absolute atomic E-state index is 0.191. The fraction of sp³-hybridized carbons (Fsp3) is 1.00. The molecular formula is C7H14BrCl3. The molecule has 11 heavy (non-hydrogen) atoms. The minimum atomic E-state index is 0.191. The van der Waals surface area contributed by atoms with Gasteiger partial charge in [0.2, 0.25) is 0 Å². The lowest BCUT2D eigenvalue weighted by molar-refractivity contribution is 0.710. The molecule has 0 aromatic rings. The van der Waals surface area contributed by atoms with Crippen molar-refractivity contribution in [2.45, 2.75) is 31.6 Å². The standard InChI is InChI=1S/C6H12Cl2.CH2BrCl/c1-2-3-4-6(8)5-7;2-1-3/h6H,2-5H2,1H3;1H2. The predicted molar refractivity (Wildman–Crippen MR) is 59.5 cm³/mol. The van der Waals surface area contributed by atoms with E-state index in [9.17, 15) is 0 Å². The van der Waals surface area contributed by atoms with Crippen LogP contribution in [0.25, 0.3) is 0 Å². The molecule has 0 aliphatic heterocycles. The molecule has 0 rings (SSSR count). The highest BCUT2D eigenvalue weighted by Gasteiger charge is 1.98. The molecule has 0 aliphatic rings.